The molecule has 8 nitrogen and oxygen atoms in total. The van der Waals surface area contributed by atoms with Crippen molar-refractivity contribution in [3.05, 3.63) is 74.0 Å². The van der Waals surface area contributed by atoms with Crippen LogP contribution in [0, 0.1) is 17.8 Å². The van der Waals surface area contributed by atoms with Gasteiger partial charge in [0.05, 0.1) is 35.8 Å². The summed E-state index contributed by atoms with van der Waals surface area (Å²) in [6, 6.07) is 10.9. The Morgan fingerprint density at radius 1 is 1.19 bits per heavy atom. The summed E-state index contributed by atoms with van der Waals surface area (Å²) in [5, 5.41) is 21.0. The van der Waals surface area contributed by atoms with Crippen LogP contribution in [0.15, 0.2) is 41.2 Å². The normalized spacial score (nSPS) is 19.9. The summed E-state index contributed by atoms with van der Waals surface area (Å²) in [5.74, 6) is 5.74. The van der Waals surface area contributed by atoms with Crippen molar-refractivity contribution in [3.8, 4) is 11.8 Å². The van der Waals surface area contributed by atoms with Crippen LogP contribution >= 0.6 is 11.6 Å². The number of amides is 1. The Labute approximate surface area is 220 Å². The zero-order chi connectivity index (χ0) is 25.8. The molecule has 1 amide bonds. The summed E-state index contributed by atoms with van der Waals surface area (Å²) in [6.45, 7) is 3.83. The van der Waals surface area contributed by atoms with E-state index in [1.165, 1.54) is 0 Å². The maximum absolute atomic E-state index is 13.5. The second kappa shape index (κ2) is 11.4. The van der Waals surface area contributed by atoms with Gasteiger partial charge in [0.2, 0.25) is 5.43 Å². The maximum atomic E-state index is 13.5. The first-order valence-electron chi connectivity index (χ1n) is 12.6. The fourth-order valence-corrected chi connectivity index (χ4v) is 4.93. The lowest BCUT2D eigenvalue weighted by Gasteiger charge is -2.26. The Balaban J connectivity index is 1.47. The highest BCUT2D eigenvalue weighted by Gasteiger charge is 2.23. The highest BCUT2D eigenvalue weighted by Crippen LogP contribution is 2.25. The number of aromatic nitrogens is 2. The van der Waals surface area contributed by atoms with Gasteiger partial charge in [-0.2, -0.15) is 5.10 Å². The number of rotatable bonds is 5. The molecule has 1 aliphatic carbocycles. The molecule has 3 N–H and O–H groups in total. The molecular weight excluding hydrogens is 492 g/mol. The third-order valence-corrected chi connectivity index (χ3v) is 7.15. The standard InChI is InChI=1S/C28H29ClN4O4/c29-22-8-4-18(5-9-22)16-30-28(36)26-27(35)23-15-19(17-33-10-12-37-13-11-33)14-21(25(23)31-32-26)7-6-20-2-1-3-24(20)34/h4-5,8-9,14-15,20,24,34H,1-3,10-13,16-17H2,(H,30,36)(H,31,35)/t20-,24+/m1/s1. The van der Waals surface area contributed by atoms with Crippen LogP contribution in [0.5, 0.6) is 0 Å². The molecule has 1 aliphatic heterocycles. The van der Waals surface area contributed by atoms with E-state index in [2.05, 4.69) is 32.3 Å². The van der Waals surface area contributed by atoms with E-state index in [0.717, 1.165) is 43.5 Å². The van der Waals surface area contributed by atoms with E-state index in [1.807, 2.05) is 24.3 Å². The number of hydrogen-bond donors (Lipinski definition) is 3. The minimum atomic E-state index is -0.557. The summed E-state index contributed by atoms with van der Waals surface area (Å²) >= 11 is 5.93. The third-order valence-electron chi connectivity index (χ3n) is 6.90. The van der Waals surface area contributed by atoms with Crippen molar-refractivity contribution in [2.75, 3.05) is 26.3 Å². The zero-order valence-electron chi connectivity index (χ0n) is 20.4. The second-order valence-corrected chi connectivity index (χ2v) is 9.98. The molecular formula is C28H29ClN4O4. The summed E-state index contributed by atoms with van der Waals surface area (Å²) in [5.41, 5.74) is 2.26. The van der Waals surface area contributed by atoms with Gasteiger partial charge in [0, 0.05) is 37.1 Å². The molecule has 1 saturated carbocycles. The van der Waals surface area contributed by atoms with Crippen LogP contribution in [0.3, 0.4) is 0 Å². The highest BCUT2D eigenvalue weighted by molar-refractivity contribution is 6.30. The van der Waals surface area contributed by atoms with Crippen LogP contribution in [-0.2, 0) is 17.8 Å². The molecule has 5 rings (SSSR count). The largest absolute Gasteiger partial charge is 0.392 e. The third kappa shape index (κ3) is 6.03. The molecule has 0 bridgehead atoms. The number of ether oxygens (including phenoxy) is 1. The number of aromatic amines is 1. The number of fused-ring (bicyclic) bond motifs is 1. The smallest absolute Gasteiger partial charge is 0.276 e. The van der Waals surface area contributed by atoms with Crippen molar-refractivity contribution in [1.29, 1.82) is 0 Å². The first-order valence-corrected chi connectivity index (χ1v) is 12.9. The molecule has 0 spiro atoms. The summed E-state index contributed by atoms with van der Waals surface area (Å²) < 4.78 is 5.46. The Morgan fingerprint density at radius 3 is 2.70 bits per heavy atom. The van der Waals surface area contributed by atoms with Gasteiger partial charge in [-0.3, -0.25) is 19.6 Å². The maximum Gasteiger partial charge on any atom is 0.276 e. The molecule has 2 aliphatic rings. The molecule has 9 heteroatoms. The summed E-state index contributed by atoms with van der Waals surface area (Å²) in [4.78, 5) is 28.6. The predicted octanol–water partition coefficient (Wildman–Crippen LogP) is 2.85. The topological polar surface area (TPSA) is 108 Å². The van der Waals surface area contributed by atoms with Gasteiger partial charge in [0.25, 0.3) is 5.91 Å². The quantitative estimate of drug-likeness (QED) is 0.447. The van der Waals surface area contributed by atoms with Gasteiger partial charge < -0.3 is 15.2 Å². The molecule has 1 saturated heterocycles. The fourth-order valence-electron chi connectivity index (χ4n) is 4.80. The second-order valence-electron chi connectivity index (χ2n) is 9.54. The fraction of sp³-hybridized carbons (Fsp3) is 0.393. The molecule has 2 fully saturated rings. The van der Waals surface area contributed by atoms with E-state index < -0.39 is 17.4 Å². The molecule has 37 heavy (non-hydrogen) atoms. The first-order chi connectivity index (χ1) is 18.0. The van der Waals surface area contributed by atoms with E-state index >= 15 is 0 Å². The van der Waals surface area contributed by atoms with Crippen LogP contribution < -0.4 is 10.7 Å². The van der Waals surface area contributed by atoms with Crippen molar-refractivity contribution in [3.63, 3.8) is 0 Å². The number of carbonyl (C=O) groups is 1. The van der Waals surface area contributed by atoms with Gasteiger partial charge in [-0.05, 0) is 54.7 Å². The zero-order valence-corrected chi connectivity index (χ0v) is 21.2. The van der Waals surface area contributed by atoms with E-state index in [9.17, 15) is 14.7 Å². The van der Waals surface area contributed by atoms with Crippen molar-refractivity contribution in [2.45, 2.75) is 38.5 Å². The van der Waals surface area contributed by atoms with Gasteiger partial charge in [0.15, 0.2) is 5.69 Å². The SMILES string of the molecule is O=C(NCc1ccc(Cl)cc1)c1n[nH]c2c(C#C[C@H]3CCC[C@@H]3O)cc(CN3CCOCC3)cc2c1=O. The van der Waals surface area contributed by atoms with E-state index in [4.69, 9.17) is 16.3 Å². The molecule has 0 unspecified atom stereocenters. The number of H-pyrrole nitrogens is 1. The molecule has 0 radical (unpaired) electrons. The average molecular weight is 521 g/mol. The molecule has 2 aromatic carbocycles. The Kier molecular flexibility index (Phi) is 7.87. The van der Waals surface area contributed by atoms with Crippen LogP contribution in [0.25, 0.3) is 10.9 Å². The molecule has 1 aromatic heterocycles. The van der Waals surface area contributed by atoms with Crippen LogP contribution in [0.4, 0.5) is 0 Å². The Bertz CT molecular complexity index is 1400. The van der Waals surface area contributed by atoms with Crippen molar-refractivity contribution >= 4 is 28.4 Å². The number of nitrogens with zero attached hydrogens (tertiary/aromatic N) is 2. The monoisotopic (exact) mass is 520 g/mol. The predicted molar refractivity (Wildman–Crippen MR) is 141 cm³/mol. The summed E-state index contributed by atoms with van der Waals surface area (Å²) in [6.07, 6.45) is 2.13. The summed E-state index contributed by atoms with van der Waals surface area (Å²) in [7, 11) is 0. The van der Waals surface area contributed by atoms with Crippen molar-refractivity contribution < 1.29 is 14.6 Å². The minimum Gasteiger partial charge on any atom is -0.392 e. The molecule has 192 valence electrons. The van der Waals surface area contributed by atoms with Crippen LogP contribution in [-0.4, -0.2) is 58.5 Å². The van der Waals surface area contributed by atoms with Crippen LogP contribution in [0.1, 0.15) is 46.4 Å². The van der Waals surface area contributed by atoms with Gasteiger partial charge >= 0.3 is 0 Å². The van der Waals surface area contributed by atoms with E-state index in [0.29, 0.717) is 41.2 Å². The number of benzene rings is 2. The number of aliphatic hydroxyl groups excluding tert-OH is 1. The minimum absolute atomic E-state index is 0.0875. The van der Waals surface area contributed by atoms with Gasteiger partial charge in [-0.15, -0.1) is 0 Å². The van der Waals surface area contributed by atoms with Gasteiger partial charge in [-0.1, -0.05) is 35.6 Å². The molecule has 2 heterocycles. The first kappa shape index (κ1) is 25.4. The molecule has 3 aromatic rings. The van der Waals surface area contributed by atoms with Crippen molar-refractivity contribution in [1.82, 2.24) is 20.4 Å². The number of nitrogens with one attached hydrogen (secondary N) is 2. The number of halogens is 1. The van der Waals surface area contributed by atoms with E-state index in [1.54, 1.807) is 12.1 Å². The number of aliphatic hydroxyl groups is 1. The average Bonchev–Trinajstić information content (AvgIpc) is 3.32. The van der Waals surface area contributed by atoms with Crippen LogP contribution in [0.2, 0.25) is 5.02 Å². The lowest BCUT2D eigenvalue weighted by molar-refractivity contribution is 0.0342. The number of morpholine rings is 1. The van der Waals surface area contributed by atoms with Gasteiger partial charge in [-0.25, -0.2) is 0 Å². The lowest BCUT2D eigenvalue weighted by atomic mass is 10.0. The number of hydrogen-bond acceptors (Lipinski definition) is 6. The Morgan fingerprint density at radius 2 is 1.97 bits per heavy atom. The highest BCUT2D eigenvalue weighted by atomic mass is 35.5. The lowest BCUT2D eigenvalue weighted by Crippen LogP contribution is -2.35. The van der Waals surface area contributed by atoms with Crippen molar-refractivity contribution in [2.24, 2.45) is 5.92 Å². The van der Waals surface area contributed by atoms with Gasteiger partial charge in [0.1, 0.15) is 0 Å². The molecule has 2 atom stereocenters. The Hall–Kier alpha value is -3.22. The van der Waals surface area contributed by atoms with E-state index in [-0.39, 0.29) is 18.2 Å². The number of carbonyl (C=O) groups excluding carboxylic acids is 1.